The van der Waals surface area contributed by atoms with Gasteiger partial charge in [-0.05, 0) is 42.9 Å². The molecule has 0 saturated carbocycles. The summed E-state index contributed by atoms with van der Waals surface area (Å²) in [6, 6.07) is 6.36. The number of carbonyl (C=O) groups is 2. The molecular formula is C19H31NO6. The Bertz CT molecular complexity index is 554. The summed E-state index contributed by atoms with van der Waals surface area (Å²) in [5.41, 5.74) is 2.58. The van der Waals surface area contributed by atoms with Crippen molar-refractivity contribution >= 4 is 11.9 Å². The molecular weight excluding hydrogens is 338 g/mol. The van der Waals surface area contributed by atoms with E-state index in [4.69, 9.17) is 29.6 Å². The normalized spacial score (nSPS) is 10.7. The lowest BCUT2D eigenvalue weighted by molar-refractivity contribution is -0.159. The summed E-state index contributed by atoms with van der Waals surface area (Å²) in [6.45, 7) is 11.3. The summed E-state index contributed by atoms with van der Waals surface area (Å²) in [5, 5.41) is 26.6. The molecule has 26 heavy (non-hydrogen) atoms. The topological polar surface area (TPSA) is 116 Å². The monoisotopic (exact) mass is 369 g/mol. The van der Waals surface area contributed by atoms with Gasteiger partial charge in [0.15, 0.2) is 0 Å². The van der Waals surface area contributed by atoms with Gasteiger partial charge in [0, 0.05) is 6.54 Å². The number of aliphatic hydroxyl groups is 1. The van der Waals surface area contributed by atoms with Gasteiger partial charge in [0.05, 0.1) is 13.2 Å². The second kappa shape index (κ2) is 12.3. The predicted octanol–water partition coefficient (Wildman–Crippen LogP) is 2.19. The number of unbranched alkanes of at least 4 members (excludes halogenated alkanes) is 1. The van der Waals surface area contributed by atoms with Crippen molar-refractivity contribution in [1.29, 1.82) is 0 Å². The molecule has 0 spiro atoms. The molecule has 0 aliphatic heterocycles. The van der Waals surface area contributed by atoms with E-state index in [2.05, 4.69) is 51.2 Å². The zero-order valence-electron chi connectivity index (χ0n) is 16.0. The minimum absolute atomic E-state index is 0.101. The van der Waals surface area contributed by atoms with E-state index in [0.717, 1.165) is 31.7 Å². The van der Waals surface area contributed by atoms with Crippen molar-refractivity contribution in [2.24, 2.45) is 0 Å². The summed E-state index contributed by atoms with van der Waals surface area (Å²) in [7, 11) is 0. The molecule has 148 valence electrons. The van der Waals surface area contributed by atoms with Crippen molar-refractivity contribution < 1.29 is 29.6 Å². The van der Waals surface area contributed by atoms with Crippen LogP contribution in [0.4, 0.5) is 0 Å². The van der Waals surface area contributed by atoms with Gasteiger partial charge in [0.2, 0.25) is 0 Å². The lowest BCUT2D eigenvalue weighted by Gasteiger charge is -2.24. The van der Waals surface area contributed by atoms with E-state index in [-0.39, 0.29) is 12.0 Å². The molecule has 0 aromatic heterocycles. The van der Waals surface area contributed by atoms with E-state index < -0.39 is 11.9 Å². The maximum Gasteiger partial charge on any atom is 0.414 e. The van der Waals surface area contributed by atoms with Crippen LogP contribution in [-0.2, 0) is 15.0 Å². The molecule has 0 aliphatic carbocycles. The van der Waals surface area contributed by atoms with Gasteiger partial charge in [0.1, 0.15) is 5.75 Å². The highest BCUT2D eigenvalue weighted by atomic mass is 16.5. The molecule has 0 bridgehead atoms. The van der Waals surface area contributed by atoms with E-state index >= 15 is 0 Å². The number of nitrogens with one attached hydrogen (secondary N) is 1. The minimum Gasteiger partial charge on any atom is -0.493 e. The van der Waals surface area contributed by atoms with Crippen LogP contribution < -0.4 is 10.1 Å². The van der Waals surface area contributed by atoms with Crippen molar-refractivity contribution in [2.45, 2.75) is 46.0 Å². The Morgan fingerprint density at radius 1 is 1.08 bits per heavy atom. The average molecular weight is 369 g/mol. The summed E-state index contributed by atoms with van der Waals surface area (Å²) in [4.78, 5) is 18.2. The smallest absolute Gasteiger partial charge is 0.414 e. The molecule has 7 nitrogen and oxygen atoms in total. The SMILES string of the molecule is Cc1cccc(C(C)(C)C)c1OCCCCNCCO.O=C(O)C(=O)O. The van der Waals surface area contributed by atoms with Crippen LogP contribution in [0.2, 0.25) is 0 Å². The van der Waals surface area contributed by atoms with Crippen LogP contribution in [0, 0.1) is 6.92 Å². The number of ether oxygens (including phenoxy) is 1. The third kappa shape index (κ3) is 10.0. The molecule has 1 aromatic carbocycles. The maximum absolute atomic E-state index is 9.10. The van der Waals surface area contributed by atoms with Gasteiger partial charge in [-0.25, -0.2) is 9.59 Å². The Morgan fingerprint density at radius 2 is 1.69 bits per heavy atom. The standard InChI is InChI=1S/C17H29NO2.C2H2O4/c1-14-8-7-9-15(17(2,3)4)16(14)20-13-6-5-10-18-11-12-19;3-1(4)2(5)6/h7-9,18-19H,5-6,10-13H2,1-4H3;(H,3,4)(H,5,6). The summed E-state index contributed by atoms with van der Waals surface area (Å²) in [5.74, 6) is -2.60. The Labute approximate surface area is 155 Å². The van der Waals surface area contributed by atoms with E-state index in [1.807, 2.05) is 0 Å². The Morgan fingerprint density at radius 3 is 2.19 bits per heavy atom. The molecule has 0 saturated heterocycles. The third-order valence-electron chi connectivity index (χ3n) is 3.49. The van der Waals surface area contributed by atoms with Gasteiger partial charge in [0.25, 0.3) is 0 Å². The van der Waals surface area contributed by atoms with Gasteiger partial charge in [-0.15, -0.1) is 0 Å². The van der Waals surface area contributed by atoms with Crippen LogP contribution in [-0.4, -0.2) is 53.6 Å². The second-order valence-electron chi connectivity index (χ2n) is 6.84. The Kier molecular flexibility index (Phi) is 11.3. The van der Waals surface area contributed by atoms with E-state index in [1.54, 1.807) is 0 Å². The number of hydrogen-bond donors (Lipinski definition) is 4. The average Bonchev–Trinajstić information content (AvgIpc) is 2.54. The van der Waals surface area contributed by atoms with Crippen molar-refractivity contribution in [3.05, 3.63) is 29.3 Å². The molecule has 1 rings (SSSR count). The molecule has 4 N–H and O–H groups in total. The number of para-hydroxylation sites is 1. The predicted molar refractivity (Wildman–Crippen MR) is 99.8 cm³/mol. The second-order valence-corrected chi connectivity index (χ2v) is 6.84. The minimum atomic E-state index is -1.82. The number of carboxylic acids is 2. The molecule has 1 aromatic rings. The number of aryl methyl sites for hydroxylation is 1. The molecule has 0 aliphatic rings. The molecule has 0 amide bonds. The zero-order chi connectivity index (χ0) is 20.2. The molecule has 0 atom stereocenters. The van der Waals surface area contributed by atoms with Gasteiger partial charge in [-0.2, -0.15) is 0 Å². The molecule has 7 heteroatoms. The van der Waals surface area contributed by atoms with Gasteiger partial charge < -0.3 is 25.4 Å². The molecule has 0 radical (unpaired) electrons. The lowest BCUT2D eigenvalue weighted by Crippen LogP contribution is -2.20. The van der Waals surface area contributed by atoms with Crippen molar-refractivity contribution in [3.8, 4) is 5.75 Å². The summed E-state index contributed by atoms with van der Waals surface area (Å²) < 4.78 is 6.02. The van der Waals surface area contributed by atoms with Crippen LogP contribution in [0.25, 0.3) is 0 Å². The van der Waals surface area contributed by atoms with Crippen LogP contribution in [0.1, 0.15) is 44.7 Å². The highest BCUT2D eigenvalue weighted by Gasteiger charge is 2.19. The van der Waals surface area contributed by atoms with E-state index in [0.29, 0.717) is 6.54 Å². The van der Waals surface area contributed by atoms with E-state index in [1.165, 1.54) is 11.1 Å². The Balaban J connectivity index is 0.000000896. The first-order chi connectivity index (χ1) is 12.1. The highest BCUT2D eigenvalue weighted by Crippen LogP contribution is 2.33. The highest BCUT2D eigenvalue weighted by molar-refractivity contribution is 6.27. The Hall–Kier alpha value is -2.12. The van der Waals surface area contributed by atoms with Crippen molar-refractivity contribution in [2.75, 3.05) is 26.3 Å². The van der Waals surface area contributed by atoms with Crippen molar-refractivity contribution in [3.63, 3.8) is 0 Å². The van der Waals surface area contributed by atoms with Crippen LogP contribution in [0.5, 0.6) is 5.75 Å². The van der Waals surface area contributed by atoms with Gasteiger partial charge in [-0.3, -0.25) is 0 Å². The maximum atomic E-state index is 9.10. The first-order valence-corrected chi connectivity index (χ1v) is 8.62. The number of aliphatic carboxylic acids is 2. The lowest BCUT2D eigenvalue weighted by atomic mass is 9.85. The van der Waals surface area contributed by atoms with Gasteiger partial charge in [-0.1, -0.05) is 39.0 Å². The molecule has 0 unspecified atom stereocenters. The van der Waals surface area contributed by atoms with Crippen LogP contribution in [0.3, 0.4) is 0 Å². The first kappa shape index (κ1) is 23.9. The fraction of sp³-hybridized carbons (Fsp3) is 0.579. The molecule has 0 fully saturated rings. The van der Waals surface area contributed by atoms with Gasteiger partial charge >= 0.3 is 11.9 Å². The quantitative estimate of drug-likeness (QED) is 0.410. The first-order valence-electron chi connectivity index (χ1n) is 8.62. The fourth-order valence-electron chi connectivity index (χ4n) is 2.16. The zero-order valence-corrected chi connectivity index (χ0v) is 16.0. The summed E-state index contributed by atoms with van der Waals surface area (Å²) >= 11 is 0. The number of aliphatic hydroxyl groups excluding tert-OH is 1. The summed E-state index contributed by atoms with van der Waals surface area (Å²) in [6.07, 6.45) is 2.09. The van der Waals surface area contributed by atoms with Crippen LogP contribution in [0.15, 0.2) is 18.2 Å². The largest absolute Gasteiger partial charge is 0.493 e. The van der Waals surface area contributed by atoms with Crippen molar-refractivity contribution in [1.82, 2.24) is 5.32 Å². The van der Waals surface area contributed by atoms with E-state index in [9.17, 15) is 0 Å². The number of carboxylic acid groups (broad SMARTS) is 2. The number of rotatable bonds is 8. The van der Waals surface area contributed by atoms with Crippen LogP contribution >= 0.6 is 0 Å². The number of hydrogen-bond acceptors (Lipinski definition) is 5. The third-order valence-corrected chi connectivity index (χ3v) is 3.49. The molecule has 0 heterocycles. The number of benzene rings is 1. The fourth-order valence-corrected chi connectivity index (χ4v) is 2.16.